The van der Waals surface area contributed by atoms with Crippen LogP contribution in [0.15, 0.2) is 11.1 Å². The fraction of sp³-hybridized carbons (Fsp3) is 0.905. The molecule has 0 aromatic heterocycles. The topological polar surface area (TPSA) is 60.7 Å². The summed E-state index contributed by atoms with van der Waals surface area (Å²) in [4.78, 5) is 0. The van der Waals surface area contributed by atoms with Crippen LogP contribution in [0.4, 0.5) is 0 Å². The van der Waals surface area contributed by atoms with Gasteiger partial charge in [-0.1, -0.05) is 26.3 Å². The zero-order chi connectivity index (χ0) is 17.5. The third-order valence-corrected chi connectivity index (χ3v) is 9.04. The quantitative estimate of drug-likeness (QED) is 0.595. The van der Waals surface area contributed by atoms with Gasteiger partial charge in [-0.25, -0.2) is 0 Å². The van der Waals surface area contributed by atoms with Gasteiger partial charge in [-0.2, -0.15) is 0 Å². The first-order valence-corrected chi connectivity index (χ1v) is 9.94. The summed E-state index contributed by atoms with van der Waals surface area (Å²) >= 11 is 0. The number of hydrogen-bond donors (Lipinski definition) is 3. The summed E-state index contributed by atoms with van der Waals surface area (Å²) in [5, 5.41) is 33.0. The first-order chi connectivity index (χ1) is 11.1. The summed E-state index contributed by atoms with van der Waals surface area (Å²) < 4.78 is 0. The molecule has 3 heteroatoms. The lowest BCUT2D eigenvalue weighted by Crippen LogP contribution is -2.65. The van der Waals surface area contributed by atoms with Crippen molar-refractivity contribution in [2.75, 3.05) is 0 Å². The molecule has 8 atom stereocenters. The van der Waals surface area contributed by atoms with Crippen molar-refractivity contribution in [3.8, 4) is 0 Å². The highest BCUT2D eigenvalue weighted by atomic mass is 16.3. The molecule has 4 rings (SSSR count). The average molecular weight is 335 g/mol. The third-order valence-electron chi connectivity index (χ3n) is 9.04. The summed E-state index contributed by atoms with van der Waals surface area (Å²) in [5.74, 6) is 1.10. The van der Waals surface area contributed by atoms with E-state index in [0.29, 0.717) is 11.8 Å². The highest BCUT2D eigenvalue weighted by molar-refractivity contribution is 5.35. The molecule has 0 bridgehead atoms. The Morgan fingerprint density at radius 2 is 1.71 bits per heavy atom. The molecule has 0 saturated heterocycles. The van der Waals surface area contributed by atoms with E-state index in [-0.39, 0.29) is 29.0 Å². The van der Waals surface area contributed by atoms with Crippen LogP contribution in [0.2, 0.25) is 0 Å². The van der Waals surface area contributed by atoms with E-state index in [9.17, 15) is 15.3 Å². The van der Waals surface area contributed by atoms with E-state index < -0.39 is 5.60 Å². The molecule has 3 nitrogen and oxygen atoms in total. The van der Waals surface area contributed by atoms with Gasteiger partial charge < -0.3 is 15.3 Å². The van der Waals surface area contributed by atoms with Gasteiger partial charge in [-0.05, 0) is 80.6 Å². The highest BCUT2D eigenvalue weighted by Gasteiger charge is 2.67. The summed E-state index contributed by atoms with van der Waals surface area (Å²) in [6.07, 6.45) is 5.74. The minimum atomic E-state index is -0.685. The molecule has 4 aliphatic rings. The van der Waals surface area contributed by atoms with Crippen molar-refractivity contribution >= 4 is 0 Å². The number of aliphatic hydroxyl groups is 3. The van der Waals surface area contributed by atoms with Crippen molar-refractivity contribution in [1.82, 2.24) is 0 Å². The normalized spacial score (nSPS) is 57.4. The molecule has 3 fully saturated rings. The summed E-state index contributed by atoms with van der Waals surface area (Å²) in [6, 6.07) is 0. The Hall–Kier alpha value is -0.380. The molecule has 3 saturated carbocycles. The van der Waals surface area contributed by atoms with Crippen LogP contribution >= 0.6 is 0 Å². The number of fused-ring (bicyclic) bond motifs is 5. The van der Waals surface area contributed by atoms with Crippen LogP contribution in [0.1, 0.15) is 72.6 Å². The zero-order valence-electron chi connectivity index (χ0n) is 15.7. The molecule has 136 valence electrons. The minimum absolute atomic E-state index is 0.0219. The number of aliphatic hydroxyl groups excluding tert-OH is 2. The molecule has 4 aliphatic carbocycles. The van der Waals surface area contributed by atoms with E-state index in [4.69, 9.17) is 0 Å². The van der Waals surface area contributed by atoms with Gasteiger partial charge >= 0.3 is 0 Å². The smallest absolute Gasteiger partial charge is 0.0771 e. The molecule has 0 aromatic carbocycles. The predicted octanol–water partition coefficient (Wildman–Crippen LogP) is 3.42. The largest absolute Gasteiger partial charge is 0.393 e. The summed E-state index contributed by atoms with van der Waals surface area (Å²) in [6.45, 7) is 8.86. The van der Waals surface area contributed by atoms with E-state index in [1.165, 1.54) is 5.57 Å². The van der Waals surface area contributed by atoms with E-state index in [1.54, 1.807) is 0 Å². The Balaban J connectivity index is 1.82. The second-order valence-corrected chi connectivity index (χ2v) is 9.89. The second-order valence-electron chi connectivity index (χ2n) is 9.89. The average Bonchev–Trinajstić information content (AvgIpc) is 2.83. The van der Waals surface area contributed by atoms with Gasteiger partial charge in [0.2, 0.25) is 0 Å². The van der Waals surface area contributed by atoms with E-state index in [0.717, 1.165) is 50.5 Å². The monoisotopic (exact) mass is 334 g/mol. The maximum absolute atomic E-state index is 12.1. The van der Waals surface area contributed by atoms with E-state index in [2.05, 4.69) is 27.7 Å². The van der Waals surface area contributed by atoms with Crippen molar-refractivity contribution in [3.05, 3.63) is 11.1 Å². The SMILES string of the molecule is CC1=C2C[C@@H](C)[C@H]3[C@@H]4CC[C@H](O)[C@@]4(C)CC[C@]3(O)[C@@]2(C)CC[C@@H]1O. The van der Waals surface area contributed by atoms with Gasteiger partial charge in [0, 0.05) is 5.41 Å². The molecule has 0 aromatic rings. The molecular formula is C21H34O3. The molecular weight excluding hydrogens is 300 g/mol. The van der Waals surface area contributed by atoms with Crippen molar-refractivity contribution < 1.29 is 15.3 Å². The van der Waals surface area contributed by atoms with Crippen molar-refractivity contribution in [3.63, 3.8) is 0 Å². The molecule has 0 radical (unpaired) electrons. The van der Waals surface area contributed by atoms with Crippen LogP contribution in [0.5, 0.6) is 0 Å². The minimum Gasteiger partial charge on any atom is -0.393 e. The van der Waals surface area contributed by atoms with Gasteiger partial charge in [0.25, 0.3) is 0 Å². The Morgan fingerprint density at radius 1 is 1.00 bits per heavy atom. The van der Waals surface area contributed by atoms with Crippen LogP contribution in [0.25, 0.3) is 0 Å². The molecule has 24 heavy (non-hydrogen) atoms. The lowest BCUT2D eigenvalue weighted by Gasteiger charge is -2.65. The fourth-order valence-corrected chi connectivity index (χ4v) is 7.40. The summed E-state index contributed by atoms with van der Waals surface area (Å²) in [7, 11) is 0. The van der Waals surface area contributed by atoms with Crippen molar-refractivity contribution in [2.45, 2.75) is 90.4 Å². The molecule has 0 heterocycles. The lowest BCUT2D eigenvalue weighted by molar-refractivity contribution is -0.212. The molecule has 3 N–H and O–H groups in total. The number of hydrogen-bond acceptors (Lipinski definition) is 3. The van der Waals surface area contributed by atoms with E-state index >= 15 is 0 Å². The van der Waals surface area contributed by atoms with Crippen molar-refractivity contribution in [2.24, 2.45) is 28.6 Å². The van der Waals surface area contributed by atoms with Gasteiger partial charge in [-0.3, -0.25) is 0 Å². The Kier molecular flexibility index (Phi) is 3.61. The zero-order valence-corrected chi connectivity index (χ0v) is 15.7. The molecule has 0 spiro atoms. The lowest BCUT2D eigenvalue weighted by atomic mass is 9.42. The van der Waals surface area contributed by atoms with Gasteiger partial charge in [-0.15, -0.1) is 0 Å². The maximum atomic E-state index is 12.1. The molecule has 0 amide bonds. The summed E-state index contributed by atoms with van der Waals surface area (Å²) in [5.41, 5.74) is 1.53. The second kappa shape index (κ2) is 5.08. The molecule has 0 unspecified atom stereocenters. The van der Waals surface area contributed by atoms with Crippen LogP contribution in [0.3, 0.4) is 0 Å². The van der Waals surface area contributed by atoms with Gasteiger partial charge in [0.15, 0.2) is 0 Å². The number of rotatable bonds is 0. The first kappa shape index (κ1) is 17.1. The highest BCUT2D eigenvalue weighted by Crippen LogP contribution is 2.68. The fourth-order valence-electron chi connectivity index (χ4n) is 7.40. The van der Waals surface area contributed by atoms with Gasteiger partial charge in [0.1, 0.15) is 0 Å². The van der Waals surface area contributed by atoms with Gasteiger partial charge in [0.05, 0.1) is 17.8 Å². The Labute approximate surface area is 146 Å². The van der Waals surface area contributed by atoms with Crippen LogP contribution in [-0.2, 0) is 0 Å². The predicted molar refractivity (Wildman–Crippen MR) is 94.3 cm³/mol. The van der Waals surface area contributed by atoms with Crippen LogP contribution in [0, 0.1) is 28.6 Å². The standard InChI is InChI=1S/C21H34O3/c1-12-11-15-13(2)16(22)7-8-20(15,4)21(24)10-9-19(3)14(18(12)21)5-6-17(19)23/h12,14,16-18,22-24H,5-11H2,1-4H3/t12-,14+,16+,17+,18+,19+,20+,21-/m1/s1. The van der Waals surface area contributed by atoms with E-state index in [1.807, 2.05) is 0 Å². The van der Waals surface area contributed by atoms with Crippen LogP contribution < -0.4 is 0 Å². The van der Waals surface area contributed by atoms with Crippen molar-refractivity contribution in [1.29, 1.82) is 0 Å². The third kappa shape index (κ3) is 1.84. The molecule has 0 aliphatic heterocycles. The Bertz CT molecular complexity index is 584. The van der Waals surface area contributed by atoms with Crippen LogP contribution in [-0.4, -0.2) is 33.1 Å². The Morgan fingerprint density at radius 3 is 2.42 bits per heavy atom. The first-order valence-electron chi connectivity index (χ1n) is 9.94. The maximum Gasteiger partial charge on any atom is 0.0771 e.